The molecule has 1 fully saturated rings. The number of hydrogen-bond donors (Lipinski definition) is 1. The van der Waals surface area contributed by atoms with Crippen LogP contribution in [0.25, 0.3) is 0 Å². The maximum absolute atomic E-state index is 5.97. The molecule has 0 aliphatic carbocycles. The van der Waals surface area contributed by atoms with Crippen molar-refractivity contribution in [2.75, 3.05) is 13.2 Å². The lowest BCUT2D eigenvalue weighted by atomic mass is 9.75. The molecule has 3 rings (SSSR count). The van der Waals surface area contributed by atoms with Crippen LogP contribution in [0.4, 0.5) is 0 Å². The standard InChI is InChI=1S/C23H33NOS/c1-18(22-10-7-15-26-22)24-13-11-20(16-19-8-5-4-6-9-19)21-12-14-25-23(2,3)17-21/h4-10,15,18,20-21,24H,11-14,16-17H2,1-3H3/t18-,20-,21-/m1/s1. The Morgan fingerprint density at radius 1 is 1.19 bits per heavy atom. The summed E-state index contributed by atoms with van der Waals surface area (Å²) in [5, 5.41) is 5.90. The molecule has 0 radical (unpaired) electrons. The van der Waals surface area contributed by atoms with E-state index in [-0.39, 0.29) is 5.60 Å². The van der Waals surface area contributed by atoms with E-state index in [1.165, 1.54) is 36.1 Å². The summed E-state index contributed by atoms with van der Waals surface area (Å²) in [5.74, 6) is 1.46. The molecular formula is C23H33NOS. The van der Waals surface area contributed by atoms with Crippen LogP contribution in [0.15, 0.2) is 47.8 Å². The van der Waals surface area contributed by atoms with Gasteiger partial charge >= 0.3 is 0 Å². The van der Waals surface area contributed by atoms with Crippen molar-refractivity contribution in [3.8, 4) is 0 Å². The van der Waals surface area contributed by atoms with Crippen molar-refractivity contribution in [2.45, 2.75) is 58.1 Å². The quantitative estimate of drug-likeness (QED) is 0.628. The van der Waals surface area contributed by atoms with Gasteiger partial charge < -0.3 is 10.1 Å². The van der Waals surface area contributed by atoms with Crippen LogP contribution in [0.2, 0.25) is 0 Å². The van der Waals surface area contributed by atoms with E-state index in [4.69, 9.17) is 4.74 Å². The lowest BCUT2D eigenvalue weighted by Crippen LogP contribution is -2.38. The number of benzene rings is 1. The summed E-state index contributed by atoms with van der Waals surface area (Å²) in [6, 6.07) is 15.8. The molecule has 1 aliphatic heterocycles. The third-order valence-electron chi connectivity index (χ3n) is 5.68. The van der Waals surface area contributed by atoms with Crippen molar-refractivity contribution in [3.05, 3.63) is 58.3 Å². The van der Waals surface area contributed by atoms with Crippen LogP contribution in [-0.4, -0.2) is 18.8 Å². The summed E-state index contributed by atoms with van der Waals surface area (Å²) >= 11 is 1.84. The molecule has 2 nitrogen and oxygen atoms in total. The first-order valence-electron chi connectivity index (χ1n) is 9.98. The van der Waals surface area contributed by atoms with Gasteiger partial charge in [0.05, 0.1) is 5.60 Å². The molecule has 3 atom stereocenters. The third kappa shape index (κ3) is 5.67. The van der Waals surface area contributed by atoms with Gasteiger partial charge in [-0.25, -0.2) is 0 Å². The van der Waals surface area contributed by atoms with Gasteiger partial charge in [-0.15, -0.1) is 11.3 Å². The zero-order valence-electron chi connectivity index (χ0n) is 16.4. The highest BCUT2D eigenvalue weighted by Crippen LogP contribution is 2.36. The van der Waals surface area contributed by atoms with Crippen LogP contribution >= 0.6 is 11.3 Å². The van der Waals surface area contributed by atoms with Crippen LogP contribution in [0.1, 0.15) is 56.5 Å². The smallest absolute Gasteiger partial charge is 0.0629 e. The molecule has 1 N–H and O–H groups in total. The zero-order chi connectivity index (χ0) is 18.4. The molecule has 142 valence electrons. The lowest BCUT2D eigenvalue weighted by Gasteiger charge is -2.39. The van der Waals surface area contributed by atoms with Gasteiger partial charge in [0, 0.05) is 17.5 Å². The summed E-state index contributed by atoms with van der Waals surface area (Å²) in [6.45, 7) is 8.75. The Morgan fingerprint density at radius 2 is 2.00 bits per heavy atom. The summed E-state index contributed by atoms with van der Waals surface area (Å²) in [5.41, 5.74) is 1.49. The number of thiophene rings is 1. The van der Waals surface area contributed by atoms with Crippen LogP contribution in [0.3, 0.4) is 0 Å². The number of nitrogens with one attached hydrogen (secondary N) is 1. The van der Waals surface area contributed by atoms with E-state index >= 15 is 0 Å². The van der Waals surface area contributed by atoms with Crippen molar-refractivity contribution in [1.29, 1.82) is 0 Å². The second-order valence-corrected chi connectivity index (χ2v) is 9.27. The topological polar surface area (TPSA) is 21.3 Å². The average molecular weight is 372 g/mol. The molecule has 0 bridgehead atoms. The van der Waals surface area contributed by atoms with Gasteiger partial charge in [0.25, 0.3) is 0 Å². The first kappa shape index (κ1) is 19.6. The van der Waals surface area contributed by atoms with Gasteiger partial charge in [-0.2, -0.15) is 0 Å². The van der Waals surface area contributed by atoms with Crippen molar-refractivity contribution in [1.82, 2.24) is 5.32 Å². The SMILES string of the molecule is C[C@@H](NCC[C@H](Cc1ccccc1)[C@@H]1CCOC(C)(C)C1)c1cccs1. The molecule has 1 aliphatic rings. The van der Waals surface area contributed by atoms with Crippen LogP contribution < -0.4 is 5.32 Å². The molecule has 0 unspecified atom stereocenters. The average Bonchev–Trinajstić information content (AvgIpc) is 3.15. The Balaban J connectivity index is 1.60. The molecule has 1 saturated heterocycles. The number of rotatable bonds is 8. The van der Waals surface area contributed by atoms with E-state index in [1.54, 1.807) is 0 Å². The minimum absolute atomic E-state index is 0.0234. The van der Waals surface area contributed by atoms with Gasteiger partial charge in [0.15, 0.2) is 0 Å². The highest BCUT2D eigenvalue weighted by atomic mass is 32.1. The van der Waals surface area contributed by atoms with Crippen LogP contribution in [-0.2, 0) is 11.2 Å². The van der Waals surface area contributed by atoms with E-state index < -0.39 is 0 Å². The Morgan fingerprint density at radius 3 is 2.69 bits per heavy atom. The molecule has 1 aromatic carbocycles. The Bertz CT molecular complexity index is 637. The van der Waals surface area contributed by atoms with E-state index in [0.717, 1.165) is 19.1 Å². The highest BCUT2D eigenvalue weighted by molar-refractivity contribution is 7.10. The molecule has 0 amide bonds. The Labute approximate surface area is 163 Å². The van der Waals surface area contributed by atoms with E-state index in [0.29, 0.717) is 12.0 Å². The van der Waals surface area contributed by atoms with Crippen molar-refractivity contribution >= 4 is 11.3 Å². The third-order valence-corrected chi connectivity index (χ3v) is 6.73. The van der Waals surface area contributed by atoms with Crippen molar-refractivity contribution in [2.24, 2.45) is 11.8 Å². The molecule has 0 saturated carbocycles. The lowest BCUT2D eigenvalue weighted by molar-refractivity contribution is -0.0830. The molecule has 1 aromatic heterocycles. The normalized spacial score (nSPS) is 22.0. The van der Waals surface area contributed by atoms with E-state index in [1.807, 2.05) is 11.3 Å². The molecule has 2 aromatic rings. The zero-order valence-corrected chi connectivity index (χ0v) is 17.2. The van der Waals surface area contributed by atoms with Gasteiger partial charge in [0.1, 0.15) is 0 Å². The molecule has 0 spiro atoms. The Kier molecular flexibility index (Phi) is 6.91. The molecule has 3 heteroatoms. The molecule has 26 heavy (non-hydrogen) atoms. The number of hydrogen-bond acceptors (Lipinski definition) is 3. The Hall–Kier alpha value is -1.16. The van der Waals surface area contributed by atoms with Gasteiger partial charge in [-0.05, 0) is 81.8 Å². The summed E-state index contributed by atoms with van der Waals surface area (Å²) < 4.78 is 5.97. The fraction of sp³-hybridized carbons (Fsp3) is 0.565. The number of ether oxygens (including phenoxy) is 1. The van der Waals surface area contributed by atoms with Crippen LogP contribution in [0.5, 0.6) is 0 Å². The maximum Gasteiger partial charge on any atom is 0.0629 e. The predicted molar refractivity (Wildman–Crippen MR) is 112 cm³/mol. The van der Waals surface area contributed by atoms with Crippen molar-refractivity contribution < 1.29 is 4.74 Å². The van der Waals surface area contributed by atoms with Gasteiger partial charge in [-0.1, -0.05) is 36.4 Å². The fourth-order valence-electron chi connectivity index (χ4n) is 4.23. The highest BCUT2D eigenvalue weighted by Gasteiger charge is 2.33. The minimum Gasteiger partial charge on any atom is -0.376 e. The second-order valence-electron chi connectivity index (χ2n) is 8.29. The summed E-state index contributed by atoms with van der Waals surface area (Å²) in [4.78, 5) is 1.43. The first-order valence-corrected chi connectivity index (χ1v) is 10.9. The van der Waals surface area contributed by atoms with Crippen LogP contribution in [0, 0.1) is 11.8 Å². The summed E-state index contributed by atoms with van der Waals surface area (Å²) in [6.07, 6.45) is 4.77. The van der Waals surface area contributed by atoms with Crippen molar-refractivity contribution in [3.63, 3.8) is 0 Å². The van der Waals surface area contributed by atoms with Gasteiger partial charge in [-0.3, -0.25) is 0 Å². The molecule has 2 heterocycles. The largest absolute Gasteiger partial charge is 0.376 e. The summed E-state index contributed by atoms with van der Waals surface area (Å²) in [7, 11) is 0. The van der Waals surface area contributed by atoms with Gasteiger partial charge in [0.2, 0.25) is 0 Å². The second kappa shape index (κ2) is 9.16. The monoisotopic (exact) mass is 371 g/mol. The minimum atomic E-state index is 0.0234. The predicted octanol–water partition coefficient (Wildman–Crippen LogP) is 5.85. The fourth-order valence-corrected chi connectivity index (χ4v) is 4.98. The van der Waals surface area contributed by atoms with E-state index in [2.05, 4.69) is 73.9 Å². The molecular weight excluding hydrogens is 338 g/mol. The van der Waals surface area contributed by atoms with E-state index in [9.17, 15) is 0 Å². The first-order chi connectivity index (χ1) is 12.5. The maximum atomic E-state index is 5.97.